The van der Waals surface area contributed by atoms with Crippen LogP contribution in [0.25, 0.3) is 0 Å². The standard InChI is InChI=1S/C30H22O4/c1-5-31-27-19-11-23(12-20-27)9-15-25-17-18-26(30(34-8-4)29(25)33-7-3)16-10-24-13-21-28(22-14-24)32-6-2/h5-8,11-14,17-22H,1-4H2. The van der Waals surface area contributed by atoms with Gasteiger partial charge in [0.25, 0.3) is 0 Å². The van der Waals surface area contributed by atoms with Gasteiger partial charge in [-0.25, -0.2) is 0 Å². The molecule has 3 aromatic carbocycles. The van der Waals surface area contributed by atoms with E-state index >= 15 is 0 Å². The van der Waals surface area contributed by atoms with Gasteiger partial charge in [0.05, 0.1) is 36.2 Å². The third kappa shape index (κ3) is 6.23. The second-order valence-electron chi connectivity index (χ2n) is 6.51. The van der Waals surface area contributed by atoms with Gasteiger partial charge >= 0.3 is 0 Å². The third-order valence-electron chi connectivity index (χ3n) is 4.34. The predicted molar refractivity (Wildman–Crippen MR) is 135 cm³/mol. The lowest BCUT2D eigenvalue weighted by Crippen LogP contribution is -1.95. The van der Waals surface area contributed by atoms with Gasteiger partial charge in [0, 0.05) is 11.1 Å². The van der Waals surface area contributed by atoms with E-state index in [1.54, 1.807) is 0 Å². The molecule has 0 spiro atoms. The van der Waals surface area contributed by atoms with Crippen molar-refractivity contribution in [1.82, 2.24) is 0 Å². The fraction of sp³-hybridized carbons (Fsp3) is 0. The van der Waals surface area contributed by atoms with Gasteiger partial charge < -0.3 is 18.9 Å². The van der Waals surface area contributed by atoms with Gasteiger partial charge in [0.2, 0.25) is 0 Å². The summed E-state index contributed by atoms with van der Waals surface area (Å²) in [6.45, 7) is 14.4. The summed E-state index contributed by atoms with van der Waals surface area (Å²) in [5, 5.41) is 0. The van der Waals surface area contributed by atoms with Crippen LogP contribution in [-0.4, -0.2) is 0 Å². The number of hydrogen-bond acceptors (Lipinski definition) is 4. The molecular weight excluding hydrogens is 424 g/mol. The maximum absolute atomic E-state index is 5.66. The maximum Gasteiger partial charge on any atom is 0.185 e. The summed E-state index contributed by atoms with van der Waals surface area (Å²) in [5.74, 6) is 14.6. The fourth-order valence-electron chi connectivity index (χ4n) is 2.87. The first kappa shape index (κ1) is 23.6. The van der Waals surface area contributed by atoms with E-state index in [2.05, 4.69) is 50.0 Å². The van der Waals surface area contributed by atoms with E-state index in [-0.39, 0.29) is 0 Å². The second kappa shape index (κ2) is 12.1. The Morgan fingerprint density at radius 1 is 0.441 bits per heavy atom. The first-order valence-corrected chi connectivity index (χ1v) is 10.2. The van der Waals surface area contributed by atoms with E-state index in [0.29, 0.717) is 34.1 Å². The van der Waals surface area contributed by atoms with Crippen molar-refractivity contribution in [3.63, 3.8) is 0 Å². The van der Waals surface area contributed by atoms with E-state index in [9.17, 15) is 0 Å². The molecule has 0 amide bonds. The lowest BCUT2D eigenvalue weighted by molar-refractivity contribution is 0.417. The van der Waals surface area contributed by atoms with Crippen LogP contribution in [0.1, 0.15) is 22.3 Å². The fourth-order valence-corrected chi connectivity index (χ4v) is 2.87. The van der Waals surface area contributed by atoms with E-state index in [1.807, 2.05) is 60.7 Å². The average molecular weight is 447 g/mol. The van der Waals surface area contributed by atoms with Gasteiger partial charge in [-0.2, -0.15) is 0 Å². The quantitative estimate of drug-likeness (QED) is 0.289. The van der Waals surface area contributed by atoms with E-state index in [1.165, 1.54) is 25.0 Å². The smallest absolute Gasteiger partial charge is 0.185 e. The molecule has 0 aliphatic rings. The molecule has 4 nitrogen and oxygen atoms in total. The van der Waals surface area contributed by atoms with Gasteiger partial charge in [-0.05, 0) is 60.7 Å². The molecule has 0 saturated heterocycles. The summed E-state index contributed by atoms with van der Waals surface area (Å²) >= 11 is 0. The number of ether oxygens (including phenoxy) is 4. The number of hydrogen-bond donors (Lipinski definition) is 0. The maximum atomic E-state index is 5.66. The molecule has 0 aliphatic carbocycles. The normalized spacial score (nSPS) is 9.18. The van der Waals surface area contributed by atoms with Crippen LogP contribution in [-0.2, 0) is 0 Å². The van der Waals surface area contributed by atoms with Crippen molar-refractivity contribution in [2.75, 3.05) is 0 Å². The molecule has 0 bridgehead atoms. The Balaban J connectivity index is 1.97. The van der Waals surface area contributed by atoms with Crippen molar-refractivity contribution in [2.24, 2.45) is 0 Å². The molecule has 0 saturated carbocycles. The molecule has 166 valence electrons. The van der Waals surface area contributed by atoms with Crippen LogP contribution in [0.5, 0.6) is 23.0 Å². The Labute approximate surface area is 200 Å². The molecule has 3 aromatic rings. The molecule has 34 heavy (non-hydrogen) atoms. The summed E-state index contributed by atoms with van der Waals surface area (Å²) in [5.41, 5.74) is 2.83. The molecule has 0 radical (unpaired) electrons. The first-order valence-electron chi connectivity index (χ1n) is 10.2. The highest BCUT2D eigenvalue weighted by atomic mass is 16.5. The molecule has 0 fully saturated rings. The van der Waals surface area contributed by atoms with Gasteiger partial charge in [-0.1, -0.05) is 50.0 Å². The zero-order valence-electron chi connectivity index (χ0n) is 18.5. The highest BCUT2D eigenvalue weighted by molar-refractivity contribution is 5.64. The minimum absolute atomic E-state index is 0.399. The average Bonchev–Trinajstić information content (AvgIpc) is 2.86. The predicted octanol–water partition coefficient (Wildman–Crippen LogP) is 6.58. The van der Waals surface area contributed by atoms with E-state index in [4.69, 9.17) is 18.9 Å². The van der Waals surface area contributed by atoms with Crippen LogP contribution in [0.4, 0.5) is 0 Å². The Hall–Kier alpha value is -5.06. The van der Waals surface area contributed by atoms with Crippen molar-refractivity contribution in [3.8, 4) is 46.7 Å². The van der Waals surface area contributed by atoms with Crippen LogP contribution >= 0.6 is 0 Å². The largest absolute Gasteiger partial charge is 0.466 e. The van der Waals surface area contributed by atoms with Crippen molar-refractivity contribution in [3.05, 3.63) is 134 Å². The van der Waals surface area contributed by atoms with Crippen LogP contribution < -0.4 is 18.9 Å². The minimum atomic E-state index is 0.399. The summed E-state index contributed by atoms with van der Waals surface area (Å²) < 4.78 is 21.8. The lowest BCUT2D eigenvalue weighted by atomic mass is 10.1. The number of rotatable bonds is 8. The van der Waals surface area contributed by atoms with Gasteiger partial charge in [-0.15, -0.1) is 0 Å². The van der Waals surface area contributed by atoms with Crippen LogP contribution in [0, 0.1) is 23.7 Å². The Bertz CT molecular complexity index is 1200. The number of benzene rings is 3. The van der Waals surface area contributed by atoms with Gasteiger partial charge in [0.1, 0.15) is 11.5 Å². The van der Waals surface area contributed by atoms with Crippen molar-refractivity contribution >= 4 is 0 Å². The second-order valence-corrected chi connectivity index (χ2v) is 6.51. The molecule has 3 rings (SSSR count). The van der Waals surface area contributed by atoms with Crippen LogP contribution in [0.15, 0.2) is 112 Å². The molecule has 0 atom stereocenters. The van der Waals surface area contributed by atoms with Crippen LogP contribution in [0.2, 0.25) is 0 Å². The lowest BCUT2D eigenvalue weighted by Gasteiger charge is -2.11. The topological polar surface area (TPSA) is 36.9 Å². The van der Waals surface area contributed by atoms with Crippen molar-refractivity contribution < 1.29 is 18.9 Å². The minimum Gasteiger partial charge on any atom is -0.466 e. The summed E-state index contributed by atoms with van der Waals surface area (Å²) in [6, 6.07) is 18.3. The Morgan fingerprint density at radius 2 is 0.794 bits per heavy atom. The summed E-state index contributed by atoms with van der Waals surface area (Å²) in [6.07, 6.45) is 5.37. The molecule has 0 unspecified atom stereocenters. The van der Waals surface area contributed by atoms with E-state index in [0.717, 1.165) is 11.1 Å². The molecular formula is C30H22O4. The summed E-state index contributed by atoms with van der Waals surface area (Å²) in [4.78, 5) is 0. The zero-order chi connectivity index (χ0) is 24.2. The van der Waals surface area contributed by atoms with Crippen molar-refractivity contribution in [1.29, 1.82) is 0 Å². The molecule has 0 N–H and O–H groups in total. The third-order valence-corrected chi connectivity index (χ3v) is 4.34. The molecule has 0 aliphatic heterocycles. The molecule has 0 heterocycles. The highest BCUT2D eigenvalue weighted by Gasteiger charge is 2.14. The highest BCUT2D eigenvalue weighted by Crippen LogP contribution is 2.35. The van der Waals surface area contributed by atoms with Gasteiger partial charge in [0.15, 0.2) is 11.5 Å². The molecule has 0 aromatic heterocycles. The van der Waals surface area contributed by atoms with Gasteiger partial charge in [-0.3, -0.25) is 0 Å². The molecule has 4 heteroatoms. The SMILES string of the molecule is C=COc1ccc(C#Cc2ccc(C#Cc3ccc(OC=C)cc3)c(OC=C)c2OC=C)cc1. The Morgan fingerprint density at radius 3 is 1.12 bits per heavy atom. The summed E-state index contributed by atoms with van der Waals surface area (Å²) in [7, 11) is 0. The first-order chi connectivity index (χ1) is 16.7. The van der Waals surface area contributed by atoms with Crippen LogP contribution in [0.3, 0.4) is 0 Å². The zero-order valence-corrected chi connectivity index (χ0v) is 18.5. The van der Waals surface area contributed by atoms with Crippen molar-refractivity contribution in [2.45, 2.75) is 0 Å². The van der Waals surface area contributed by atoms with E-state index < -0.39 is 0 Å². The monoisotopic (exact) mass is 446 g/mol. The Kier molecular flexibility index (Phi) is 8.40.